The number of benzene rings is 3. The molecule has 2 N–H and O–H groups in total. The van der Waals surface area contributed by atoms with Gasteiger partial charge in [0.1, 0.15) is 17.1 Å². The molecule has 0 unspecified atom stereocenters. The summed E-state index contributed by atoms with van der Waals surface area (Å²) in [5, 5.41) is 21.1. The van der Waals surface area contributed by atoms with Gasteiger partial charge in [0.05, 0.1) is 26.7 Å². The Hall–Kier alpha value is -3.54. The molecule has 0 spiro atoms. The van der Waals surface area contributed by atoms with Gasteiger partial charge in [-0.25, -0.2) is 0 Å². The number of rotatable bonds is 4. The SMILES string of the molecule is COc1cc2oc3c(OC)c(-c4ccc(O)cc4)cc(OC)c3c2cc1O. The van der Waals surface area contributed by atoms with Crippen LogP contribution >= 0.6 is 0 Å². The number of phenols is 2. The molecule has 0 amide bonds. The summed E-state index contributed by atoms with van der Waals surface area (Å²) in [7, 11) is 4.62. The van der Waals surface area contributed by atoms with Gasteiger partial charge >= 0.3 is 0 Å². The van der Waals surface area contributed by atoms with E-state index in [4.69, 9.17) is 18.6 Å². The van der Waals surface area contributed by atoms with Crippen LogP contribution < -0.4 is 14.2 Å². The fourth-order valence-corrected chi connectivity index (χ4v) is 3.29. The van der Waals surface area contributed by atoms with Crippen LogP contribution in [0.2, 0.25) is 0 Å². The van der Waals surface area contributed by atoms with Crippen molar-refractivity contribution in [3.8, 4) is 39.9 Å². The minimum absolute atomic E-state index is 0.0105. The Bertz CT molecular complexity index is 1140. The van der Waals surface area contributed by atoms with E-state index in [0.29, 0.717) is 39.2 Å². The molecule has 0 radical (unpaired) electrons. The van der Waals surface area contributed by atoms with Gasteiger partial charge in [-0.1, -0.05) is 12.1 Å². The Kier molecular flexibility index (Phi) is 3.96. The van der Waals surface area contributed by atoms with Crippen LogP contribution in [0, 0.1) is 0 Å². The number of fused-ring (bicyclic) bond motifs is 3. The van der Waals surface area contributed by atoms with Crippen LogP contribution in [-0.2, 0) is 0 Å². The van der Waals surface area contributed by atoms with Crippen molar-refractivity contribution in [3.05, 3.63) is 42.5 Å². The molecule has 27 heavy (non-hydrogen) atoms. The minimum atomic E-state index is 0.0105. The second kappa shape index (κ2) is 6.32. The van der Waals surface area contributed by atoms with E-state index in [2.05, 4.69) is 0 Å². The first-order valence-corrected chi connectivity index (χ1v) is 8.25. The van der Waals surface area contributed by atoms with Gasteiger partial charge in [-0.15, -0.1) is 0 Å². The molecule has 138 valence electrons. The fourth-order valence-electron chi connectivity index (χ4n) is 3.29. The molecular formula is C21H18O6. The zero-order valence-corrected chi connectivity index (χ0v) is 15.1. The standard InChI is InChI=1S/C21H18O6/c1-24-17-10-16-14(8-15(17)23)19-18(25-2)9-13(20(26-3)21(19)27-16)11-4-6-12(22)7-5-11/h4-10,22-23H,1-3H3. The number of furan rings is 1. The monoisotopic (exact) mass is 366 g/mol. The van der Waals surface area contributed by atoms with E-state index in [-0.39, 0.29) is 11.5 Å². The molecule has 0 aliphatic carbocycles. The predicted molar refractivity (Wildman–Crippen MR) is 102 cm³/mol. The normalized spacial score (nSPS) is 11.1. The molecule has 3 aromatic carbocycles. The molecule has 0 saturated carbocycles. The van der Waals surface area contributed by atoms with Crippen LogP contribution in [0.1, 0.15) is 0 Å². The summed E-state index contributed by atoms with van der Waals surface area (Å²) in [5.74, 6) is 1.62. The highest BCUT2D eigenvalue weighted by Gasteiger charge is 2.22. The van der Waals surface area contributed by atoms with Crippen molar-refractivity contribution in [2.75, 3.05) is 21.3 Å². The molecule has 1 heterocycles. The van der Waals surface area contributed by atoms with Crippen LogP contribution in [0.25, 0.3) is 33.1 Å². The Morgan fingerprint density at radius 2 is 1.52 bits per heavy atom. The summed E-state index contributed by atoms with van der Waals surface area (Å²) in [4.78, 5) is 0. The third kappa shape index (κ3) is 2.57. The fraction of sp³-hybridized carbons (Fsp3) is 0.143. The van der Waals surface area contributed by atoms with Crippen LogP contribution in [0.3, 0.4) is 0 Å². The lowest BCUT2D eigenvalue weighted by molar-refractivity contribution is 0.373. The average Bonchev–Trinajstić information content (AvgIpc) is 3.04. The molecule has 1 aromatic heterocycles. The van der Waals surface area contributed by atoms with E-state index >= 15 is 0 Å². The van der Waals surface area contributed by atoms with Gasteiger partial charge in [0, 0.05) is 17.0 Å². The van der Waals surface area contributed by atoms with Gasteiger partial charge in [-0.05, 0) is 29.8 Å². The van der Waals surface area contributed by atoms with Gasteiger partial charge in [0.2, 0.25) is 0 Å². The van der Waals surface area contributed by atoms with E-state index in [1.807, 2.05) is 6.07 Å². The number of aromatic hydroxyl groups is 2. The lowest BCUT2D eigenvalue weighted by Gasteiger charge is -2.12. The third-order valence-corrected chi connectivity index (χ3v) is 4.56. The van der Waals surface area contributed by atoms with Crippen LogP contribution in [0.4, 0.5) is 0 Å². The van der Waals surface area contributed by atoms with Crippen molar-refractivity contribution in [1.29, 1.82) is 0 Å². The first kappa shape index (κ1) is 16.9. The Morgan fingerprint density at radius 1 is 0.815 bits per heavy atom. The highest BCUT2D eigenvalue weighted by Crippen LogP contribution is 2.48. The third-order valence-electron chi connectivity index (χ3n) is 4.56. The molecule has 4 aromatic rings. The molecule has 6 heteroatoms. The van der Waals surface area contributed by atoms with E-state index in [1.54, 1.807) is 50.6 Å². The van der Waals surface area contributed by atoms with Gasteiger partial charge in [0.25, 0.3) is 0 Å². The van der Waals surface area contributed by atoms with Gasteiger partial charge in [0.15, 0.2) is 22.8 Å². The van der Waals surface area contributed by atoms with Gasteiger partial charge in [-0.2, -0.15) is 0 Å². The maximum atomic E-state index is 10.2. The van der Waals surface area contributed by atoms with Crippen molar-refractivity contribution >= 4 is 21.9 Å². The summed E-state index contributed by atoms with van der Waals surface area (Å²) in [6.45, 7) is 0. The van der Waals surface area contributed by atoms with E-state index < -0.39 is 0 Å². The van der Waals surface area contributed by atoms with Crippen molar-refractivity contribution in [1.82, 2.24) is 0 Å². The molecule has 4 rings (SSSR count). The molecule has 0 aliphatic rings. The van der Waals surface area contributed by atoms with Crippen molar-refractivity contribution < 1.29 is 28.8 Å². The molecule has 0 bridgehead atoms. The first-order chi connectivity index (χ1) is 13.1. The van der Waals surface area contributed by atoms with E-state index in [1.165, 1.54) is 7.11 Å². The minimum Gasteiger partial charge on any atom is -0.508 e. The Morgan fingerprint density at radius 3 is 2.15 bits per heavy atom. The van der Waals surface area contributed by atoms with Crippen LogP contribution in [-0.4, -0.2) is 31.5 Å². The highest BCUT2D eigenvalue weighted by atomic mass is 16.5. The Balaban J connectivity index is 2.10. The lowest BCUT2D eigenvalue weighted by Crippen LogP contribution is -1.92. The maximum absolute atomic E-state index is 10.2. The number of hydrogen-bond donors (Lipinski definition) is 2. The second-order valence-electron chi connectivity index (χ2n) is 6.03. The Labute approximate surface area is 155 Å². The summed E-state index contributed by atoms with van der Waals surface area (Å²) in [6, 6.07) is 11.8. The first-order valence-electron chi connectivity index (χ1n) is 8.25. The topological polar surface area (TPSA) is 81.3 Å². The number of phenolic OH excluding ortho intramolecular Hbond substituents is 2. The van der Waals surface area contributed by atoms with Gasteiger partial charge < -0.3 is 28.8 Å². The van der Waals surface area contributed by atoms with E-state index in [0.717, 1.165) is 11.1 Å². The summed E-state index contributed by atoms with van der Waals surface area (Å²) in [6.07, 6.45) is 0. The van der Waals surface area contributed by atoms with E-state index in [9.17, 15) is 10.2 Å². The van der Waals surface area contributed by atoms with Crippen LogP contribution in [0.5, 0.6) is 28.7 Å². The van der Waals surface area contributed by atoms with Crippen molar-refractivity contribution in [2.24, 2.45) is 0 Å². The maximum Gasteiger partial charge on any atom is 0.181 e. The van der Waals surface area contributed by atoms with Crippen LogP contribution in [0.15, 0.2) is 46.9 Å². The predicted octanol–water partition coefficient (Wildman–Crippen LogP) is 4.69. The summed E-state index contributed by atoms with van der Waals surface area (Å²) in [5.41, 5.74) is 2.64. The number of hydrogen-bond acceptors (Lipinski definition) is 6. The van der Waals surface area contributed by atoms with Gasteiger partial charge in [-0.3, -0.25) is 0 Å². The molecule has 6 nitrogen and oxygen atoms in total. The second-order valence-corrected chi connectivity index (χ2v) is 6.03. The molecule has 0 aliphatic heterocycles. The molecule has 0 saturated heterocycles. The number of methoxy groups -OCH3 is 3. The summed E-state index contributed by atoms with van der Waals surface area (Å²) >= 11 is 0. The smallest absolute Gasteiger partial charge is 0.181 e. The molecular weight excluding hydrogens is 348 g/mol. The molecule has 0 fully saturated rings. The lowest BCUT2D eigenvalue weighted by atomic mass is 10.0. The number of ether oxygens (including phenoxy) is 3. The van der Waals surface area contributed by atoms with Crippen molar-refractivity contribution in [2.45, 2.75) is 0 Å². The van der Waals surface area contributed by atoms with Crippen molar-refractivity contribution in [3.63, 3.8) is 0 Å². The largest absolute Gasteiger partial charge is 0.508 e. The highest BCUT2D eigenvalue weighted by molar-refractivity contribution is 6.13. The molecule has 0 atom stereocenters. The average molecular weight is 366 g/mol. The quantitative estimate of drug-likeness (QED) is 0.545. The zero-order valence-electron chi connectivity index (χ0n) is 15.1. The summed E-state index contributed by atoms with van der Waals surface area (Å²) < 4.78 is 22.5. The zero-order chi connectivity index (χ0) is 19.1.